The summed E-state index contributed by atoms with van der Waals surface area (Å²) in [6, 6.07) is 5.04. The van der Waals surface area contributed by atoms with Gasteiger partial charge in [-0.1, -0.05) is 12.1 Å². The van der Waals surface area contributed by atoms with Crippen LogP contribution < -0.4 is 4.74 Å². The Hall–Kier alpha value is -2.12. The van der Waals surface area contributed by atoms with Crippen molar-refractivity contribution >= 4 is 21.6 Å². The van der Waals surface area contributed by atoms with Crippen molar-refractivity contribution in [1.29, 1.82) is 0 Å². The number of fused-ring (bicyclic) bond motifs is 3. The average molecular weight is 550 g/mol. The number of ether oxygens (including phenoxy) is 1. The van der Waals surface area contributed by atoms with Crippen molar-refractivity contribution in [2.24, 2.45) is 5.92 Å². The molecule has 0 amide bonds. The number of halogens is 9. The number of rotatable bonds is 3. The van der Waals surface area contributed by atoms with Gasteiger partial charge in [-0.3, -0.25) is 0 Å². The van der Waals surface area contributed by atoms with E-state index < -0.39 is 62.3 Å². The van der Waals surface area contributed by atoms with E-state index in [2.05, 4.69) is 0 Å². The number of benzene rings is 2. The van der Waals surface area contributed by atoms with Gasteiger partial charge in [0.2, 0.25) is 0 Å². The van der Waals surface area contributed by atoms with Crippen molar-refractivity contribution in [3.05, 3.63) is 59.4 Å². The first kappa shape index (κ1) is 26.0. The van der Waals surface area contributed by atoms with E-state index in [-0.39, 0.29) is 42.1 Å². The third-order valence-electron chi connectivity index (χ3n) is 6.46. The fraction of sp³-hybridized carbons (Fsp3) is 0.429. The van der Waals surface area contributed by atoms with E-state index in [0.717, 1.165) is 24.3 Å². The van der Waals surface area contributed by atoms with Gasteiger partial charge in [0.1, 0.15) is 16.3 Å². The first-order valence-corrected chi connectivity index (χ1v) is 11.9. The molecule has 2 aromatic carbocycles. The van der Waals surface area contributed by atoms with Gasteiger partial charge in [-0.2, -0.15) is 26.3 Å². The smallest absolute Gasteiger partial charge is 0.435 e. The monoisotopic (exact) mass is 549 g/mol. The van der Waals surface area contributed by atoms with Crippen molar-refractivity contribution in [1.82, 2.24) is 4.42 Å². The average Bonchev–Trinajstić information content (AvgIpc) is 2.76. The van der Waals surface area contributed by atoms with Crippen molar-refractivity contribution in [2.75, 3.05) is 19.7 Å². The molecule has 0 aromatic heterocycles. The molecule has 2 aliphatic rings. The third-order valence-corrected chi connectivity index (χ3v) is 9.38. The zero-order chi connectivity index (χ0) is 26.0. The SMILES string of the molecule is O=S(=O)(c1ccc(F)cc1)C12CCN(Cl)CC1COc1cc(C(F)(C(F)(F)F)C(F)(F)F)ccc12. The molecule has 0 N–H and O–H groups in total. The molecule has 2 unspecified atom stereocenters. The topological polar surface area (TPSA) is 46.6 Å². The van der Waals surface area contributed by atoms with Gasteiger partial charge >= 0.3 is 18.0 Å². The van der Waals surface area contributed by atoms with Crippen LogP contribution in [0.15, 0.2) is 47.4 Å². The highest BCUT2D eigenvalue weighted by molar-refractivity contribution is 7.92. The maximum absolute atomic E-state index is 14.6. The second-order valence-corrected chi connectivity index (χ2v) is 11.0. The van der Waals surface area contributed by atoms with E-state index in [9.17, 15) is 43.5 Å². The molecule has 192 valence electrons. The van der Waals surface area contributed by atoms with Crippen LogP contribution in [0.2, 0.25) is 0 Å². The van der Waals surface area contributed by atoms with Crippen LogP contribution in [0, 0.1) is 11.7 Å². The van der Waals surface area contributed by atoms with Crippen LogP contribution in [-0.2, 0) is 20.3 Å². The summed E-state index contributed by atoms with van der Waals surface area (Å²) in [6.07, 6.45) is -12.9. The summed E-state index contributed by atoms with van der Waals surface area (Å²) in [5.74, 6) is -2.23. The number of hydrogen-bond acceptors (Lipinski definition) is 4. The number of alkyl halides is 7. The molecule has 0 bridgehead atoms. The summed E-state index contributed by atoms with van der Waals surface area (Å²) < 4.78 is 140. The molecule has 2 aliphatic heterocycles. The Labute approximate surface area is 199 Å². The Balaban J connectivity index is 1.94. The minimum Gasteiger partial charge on any atom is -0.493 e. The molecule has 2 aromatic rings. The number of nitrogens with zero attached hydrogens (tertiary/aromatic N) is 1. The molecule has 0 spiro atoms. The van der Waals surface area contributed by atoms with Gasteiger partial charge in [0.25, 0.3) is 0 Å². The van der Waals surface area contributed by atoms with E-state index in [1.807, 2.05) is 0 Å². The van der Waals surface area contributed by atoms with E-state index in [1.165, 1.54) is 4.42 Å². The molecule has 35 heavy (non-hydrogen) atoms. The predicted molar refractivity (Wildman–Crippen MR) is 108 cm³/mol. The Morgan fingerprint density at radius 2 is 1.57 bits per heavy atom. The molecule has 0 radical (unpaired) electrons. The van der Waals surface area contributed by atoms with Crippen LogP contribution in [0.4, 0.5) is 35.1 Å². The Morgan fingerprint density at radius 3 is 2.14 bits per heavy atom. The van der Waals surface area contributed by atoms with E-state index in [1.54, 1.807) is 0 Å². The summed E-state index contributed by atoms with van der Waals surface area (Å²) in [6.45, 7) is -0.476. The number of piperidine rings is 1. The highest BCUT2D eigenvalue weighted by Gasteiger charge is 2.73. The molecular weight excluding hydrogens is 534 g/mol. The Bertz CT molecular complexity index is 1220. The van der Waals surface area contributed by atoms with Gasteiger partial charge in [0.15, 0.2) is 9.84 Å². The van der Waals surface area contributed by atoms with Gasteiger partial charge in [-0.05, 0) is 48.5 Å². The summed E-state index contributed by atoms with van der Waals surface area (Å²) in [5.41, 5.74) is -7.73. The largest absolute Gasteiger partial charge is 0.493 e. The molecule has 1 saturated heterocycles. The first-order chi connectivity index (χ1) is 16.1. The molecule has 1 fully saturated rings. The van der Waals surface area contributed by atoms with Crippen molar-refractivity contribution < 1.29 is 48.3 Å². The molecular formula is C21H16ClF8NO3S. The van der Waals surface area contributed by atoms with Gasteiger partial charge in [0.05, 0.1) is 11.5 Å². The fourth-order valence-corrected chi connectivity index (χ4v) is 7.28. The number of hydrogen-bond donors (Lipinski definition) is 0. The second-order valence-electron chi connectivity index (χ2n) is 8.34. The summed E-state index contributed by atoms with van der Waals surface area (Å²) in [4.78, 5) is -0.311. The lowest BCUT2D eigenvalue weighted by Gasteiger charge is -2.48. The van der Waals surface area contributed by atoms with E-state index >= 15 is 0 Å². The van der Waals surface area contributed by atoms with Crippen LogP contribution in [0.5, 0.6) is 5.75 Å². The number of sulfone groups is 1. The van der Waals surface area contributed by atoms with Crippen LogP contribution in [0.3, 0.4) is 0 Å². The van der Waals surface area contributed by atoms with Crippen LogP contribution >= 0.6 is 11.8 Å². The Kier molecular flexibility index (Phi) is 6.08. The maximum Gasteiger partial charge on any atom is 0.435 e. The summed E-state index contributed by atoms with van der Waals surface area (Å²) in [5, 5.41) is 0. The zero-order valence-electron chi connectivity index (χ0n) is 17.4. The molecule has 0 saturated carbocycles. The van der Waals surface area contributed by atoms with Gasteiger partial charge in [-0.15, -0.1) is 0 Å². The standard InChI is InChI=1S/C21H16ClF8NO3S/c22-31-8-7-18(35(32,33)15-4-2-14(23)3-5-15)13(10-31)11-34-17-9-12(1-6-16(17)18)19(24,20(25,26)27)21(28,29)30/h1-6,9,13H,7-8,10-11H2. The Morgan fingerprint density at radius 1 is 0.971 bits per heavy atom. The van der Waals surface area contributed by atoms with Crippen LogP contribution in [0.1, 0.15) is 17.5 Å². The minimum absolute atomic E-state index is 0.00216. The summed E-state index contributed by atoms with van der Waals surface area (Å²) in [7, 11) is -4.41. The quantitative estimate of drug-likeness (QED) is 0.282. The highest BCUT2D eigenvalue weighted by Crippen LogP contribution is 2.57. The molecule has 2 heterocycles. The first-order valence-electron chi connectivity index (χ1n) is 10.1. The van der Waals surface area contributed by atoms with Gasteiger partial charge in [0, 0.05) is 30.1 Å². The third kappa shape index (κ3) is 3.77. The molecule has 14 heteroatoms. The van der Waals surface area contributed by atoms with Crippen LogP contribution in [-0.4, -0.2) is 44.9 Å². The fourth-order valence-electron chi connectivity index (χ4n) is 4.72. The van der Waals surface area contributed by atoms with Gasteiger partial charge in [-0.25, -0.2) is 21.6 Å². The van der Waals surface area contributed by atoms with Crippen molar-refractivity contribution in [3.63, 3.8) is 0 Å². The normalized spacial score (nSPS) is 23.9. The van der Waals surface area contributed by atoms with Crippen LogP contribution in [0.25, 0.3) is 0 Å². The minimum atomic E-state index is -6.35. The lowest BCUT2D eigenvalue weighted by molar-refractivity contribution is -0.348. The zero-order valence-corrected chi connectivity index (χ0v) is 19.0. The molecule has 4 rings (SSSR count). The second kappa shape index (κ2) is 8.20. The van der Waals surface area contributed by atoms with E-state index in [4.69, 9.17) is 16.5 Å². The summed E-state index contributed by atoms with van der Waals surface area (Å²) >= 11 is 6.06. The predicted octanol–water partition coefficient (Wildman–Crippen LogP) is 5.65. The van der Waals surface area contributed by atoms with Gasteiger partial charge < -0.3 is 4.74 Å². The van der Waals surface area contributed by atoms with Crippen molar-refractivity contribution in [3.8, 4) is 5.75 Å². The molecule has 4 nitrogen and oxygen atoms in total. The maximum atomic E-state index is 14.6. The highest BCUT2D eigenvalue weighted by atomic mass is 35.5. The molecule has 0 aliphatic carbocycles. The van der Waals surface area contributed by atoms with E-state index in [0.29, 0.717) is 6.07 Å². The lowest BCUT2D eigenvalue weighted by Crippen LogP contribution is -2.56. The lowest BCUT2D eigenvalue weighted by atomic mass is 9.77. The molecule has 2 atom stereocenters. The van der Waals surface area contributed by atoms with Crippen molar-refractivity contribution in [2.45, 2.75) is 34.1 Å².